The lowest BCUT2D eigenvalue weighted by molar-refractivity contribution is 0.278. The summed E-state index contributed by atoms with van der Waals surface area (Å²) in [5.41, 5.74) is 0.577. The highest BCUT2D eigenvalue weighted by atomic mass is 16.4. The molecule has 1 fully saturated rings. The molecule has 1 aliphatic rings. The molecule has 7 nitrogen and oxygen atoms in total. The van der Waals surface area contributed by atoms with Crippen LogP contribution in [0.2, 0.25) is 0 Å². The minimum absolute atomic E-state index is 0.570. The summed E-state index contributed by atoms with van der Waals surface area (Å²) in [4.78, 5) is 6.57. The second-order valence-electron chi connectivity index (χ2n) is 5.76. The van der Waals surface area contributed by atoms with Crippen LogP contribution in [0.5, 0.6) is 0 Å². The SMILES string of the molecule is CCc1nnc(CN2CC[C@@H](CNc3ccc(C#N)cn3)C2)o1. The van der Waals surface area contributed by atoms with Crippen molar-refractivity contribution in [3.63, 3.8) is 0 Å². The molecule has 1 saturated heterocycles. The number of nitriles is 1. The maximum atomic E-state index is 8.77. The molecule has 0 amide bonds. The quantitative estimate of drug-likeness (QED) is 0.870. The van der Waals surface area contributed by atoms with Crippen LogP contribution in [0, 0.1) is 17.2 Å². The van der Waals surface area contributed by atoms with Crippen molar-refractivity contribution in [2.75, 3.05) is 25.0 Å². The van der Waals surface area contributed by atoms with Gasteiger partial charge in [-0.1, -0.05) is 6.92 Å². The van der Waals surface area contributed by atoms with Gasteiger partial charge in [-0.15, -0.1) is 10.2 Å². The molecule has 2 aromatic heterocycles. The van der Waals surface area contributed by atoms with Crippen LogP contribution in [-0.4, -0.2) is 39.7 Å². The Morgan fingerprint density at radius 2 is 2.26 bits per heavy atom. The molecule has 0 unspecified atom stereocenters. The van der Waals surface area contributed by atoms with Crippen molar-refractivity contribution in [2.45, 2.75) is 26.3 Å². The molecule has 1 aliphatic heterocycles. The summed E-state index contributed by atoms with van der Waals surface area (Å²) in [6.45, 7) is 5.65. The molecule has 0 saturated carbocycles. The van der Waals surface area contributed by atoms with Gasteiger partial charge in [-0.05, 0) is 31.0 Å². The molecular weight excluding hydrogens is 292 g/mol. The number of aryl methyl sites for hydroxylation is 1. The van der Waals surface area contributed by atoms with E-state index in [0.717, 1.165) is 44.8 Å². The number of likely N-dealkylation sites (tertiary alicyclic amines) is 1. The van der Waals surface area contributed by atoms with Crippen molar-refractivity contribution >= 4 is 5.82 Å². The first-order chi connectivity index (χ1) is 11.3. The fourth-order valence-electron chi connectivity index (χ4n) is 2.72. The highest BCUT2D eigenvalue weighted by Gasteiger charge is 2.23. The van der Waals surface area contributed by atoms with Gasteiger partial charge in [0.2, 0.25) is 11.8 Å². The lowest BCUT2D eigenvalue weighted by Gasteiger charge is -2.14. The van der Waals surface area contributed by atoms with Crippen LogP contribution >= 0.6 is 0 Å². The molecule has 0 aromatic carbocycles. The van der Waals surface area contributed by atoms with Gasteiger partial charge in [-0.3, -0.25) is 4.90 Å². The summed E-state index contributed by atoms with van der Waals surface area (Å²) in [7, 11) is 0. The Bertz CT molecular complexity index is 675. The largest absolute Gasteiger partial charge is 0.424 e. The lowest BCUT2D eigenvalue weighted by Crippen LogP contribution is -2.23. The third kappa shape index (κ3) is 4.05. The summed E-state index contributed by atoms with van der Waals surface area (Å²) >= 11 is 0. The number of nitrogens with zero attached hydrogens (tertiary/aromatic N) is 5. The normalized spacial score (nSPS) is 18.0. The van der Waals surface area contributed by atoms with Crippen molar-refractivity contribution in [2.24, 2.45) is 5.92 Å². The first-order valence-corrected chi connectivity index (χ1v) is 7.90. The molecule has 3 rings (SSSR count). The third-order valence-corrected chi connectivity index (χ3v) is 4.00. The summed E-state index contributed by atoms with van der Waals surface area (Å²) in [5.74, 6) is 2.78. The van der Waals surface area contributed by atoms with Crippen LogP contribution < -0.4 is 5.32 Å². The number of rotatable bonds is 6. The first kappa shape index (κ1) is 15.4. The van der Waals surface area contributed by atoms with Crippen LogP contribution in [0.1, 0.15) is 30.7 Å². The second kappa shape index (κ2) is 7.20. The standard InChI is InChI=1S/C16H20N6O/c1-2-15-20-21-16(23-15)11-22-6-5-13(10-22)9-19-14-4-3-12(7-17)8-18-14/h3-4,8,13H,2,5-6,9-11H2,1H3,(H,18,19)/t13-/m0/s1. The zero-order valence-corrected chi connectivity index (χ0v) is 13.2. The van der Waals surface area contributed by atoms with Gasteiger partial charge in [-0.25, -0.2) is 4.98 Å². The summed E-state index contributed by atoms with van der Waals surface area (Å²) in [6, 6.07) is 5.69. The monoisotopic (exact) mass is 312 g/mol. The van der Waals surface area contributed by atoms with Gasteiger partial charge in [0.25, 0.3) is 0 Å². The molecule has 1 atom stereocenters. The minimum atomic E-state index is 0.570. The second-order valence-corrected chi connectivity index (χ2v) is 5.76. The predicted octanol–water partition coefficient (Wildman–Crippen LogP) is 1.83. The van der Waals surface area contributed by atoms with Crippen molar-refractivity contribution in [1.29, 1.82) is 5.26 Å². The zero-order chi connectivity index (χ0) is 16.1. The van der Waals surface area contributed by atoms with E-state index in [0.29, 0.717) is 23.3 Å². The van der Waals surface area contributed by atoms with Gasteiger partial charge in [0.1, 0.15) is 11.9 Å². The van der Waals surface area contributed by atoms with E-state index in [9.17, 15) is 0 Å². The fraction of sp³-hybridized carbons (Fsp3) is 0.500. The highest BCUT2D eigenvalue weighted by Crippen LogP contribution is 2.19. The first-order valence-electron chi connectivity index (χ1n) is 7.90. The Morgan fingerprint density at radius 1 is 1.39 bits per heavy atom. The number of nitrogens with one attached hydrogen (secondary N) is 1. The van der Waals surface area contributed by atoms with Crippen molar-refractivity contribution in [3.05, 3.63) is 35.7 Å². The molecule has 2 aromatic rings. The summed E-state index contributed by atoms with van der Waals surface area (Å²) in [6.07, 6.45) is 3.50. The molecular formula is C16H20N6O. The molecule has 23 heavy (non-hydrogen) atoms. The highest BCUT2D eigenvalue weighted by molar-refractivity contribution is 5.38. The maximum absolute atomic E-state index is 8.77. The number of hydrogen-bond donors (Lipinski definition) is 1. The Labute approximate surface area is 135 Å². The van der Waals surface area contributed by atoms with E-state index in [1.807, 2.05) is 13.0 Å². The predicted molar refractivity (Wildman–Crippen MR) is 84.5 cm³/mol. The van der Waals surface area contributed by atoms with Gasteiger partial charge >= 0.3 is 0 Å². The van der Waals surface area contributed by atoms with Gasteiger partial charge in [0, 0.05) is 25.7 Å². The van der Waals surface area contributed by atoms with Crippen molar-refractivity contribution in [3.8, 4) is 6.07 Å². The topological polar surface area (TPSA) is 90.9 Å². The molecule has 3 heterocycles. The van der Waals surface area contributed by atoms with E-state index in [2.05, 4.69) is 31.5 Å². The summed E-state index contributed by atoms with van der Waals surface area (Å²) in [5, 5.41) is 20.2. The van der Waals surface area contributed by atoms with Gasteiger partial charge in [-0.2, -0.15) is 5.26 Å². The molecule has 7 heteroatoms. The number of anilines is 1. The average molecular weight is 312 g/mol. The van der Waals surface area contributed by atoms with Crippen molar-refractivity contribution in [1.82, 2.24) is 20.1 Å². The third-order valence-electron chi connectivity index (χ3n) is 4.00. The van der Waals surface area contributed by atoms with Gasteiger partial charge < -0.3 is 9.73 Å². The maximum Gasteiger partial charge on any atom is 0.230 e. The van der Waals surface area contributed by atoms with E-state index in [-0.39, 0.29) is 0 Å². The van der Waals surface area contributed by atoms with Gasteiger partial charge in [0.05, 0.1) is 12.1 Å². The lowest BCUT2D eigenvalue weighted by atomic mass is 10.1. The Morgan fingerprint density at radius 3 is 2.96 bits per heavy atom. The van der Waals surface area contributed by atoms with E-state index >= 15 is 0 Å². The van der Waals surface area contributed by atoms with E-state index in [1.54, 1.807) is 12.3 Å². The van der Waals surface area contributed by atoms with Crippen LogP contribution in [-0.2, 0) is 13.0 Å². The van der Waals surface area contributed by atoms with Crippen LogP contribution in [0.3, 0.4) is 0 Å². The Balaban J connectivity index is 1.45. The minimum Gasteiger partial charge on any atom is -0.424 e. The Kier molecular flexibility index (Phi) is 4.83. The molecule has 120 valence electrons. The fourth-order valence-corrected chi connectivity index (χ4v) is 2.72. The van der Waals surface area contributed by atoms with E-state index < -0.39 is 0 Å². The number of hydrogen-bond acceptors (Lipinski definition) is 7. The smallest absolute Gasteiger partial charge is 0.230 e. The van der Waals surface area contributed by atoms with Crippen molar-refractivity contribution < 1.29 is 4.42 Å². The molecule has 0 radical (unpaired) electrons. The molecule has 0 spiro atoms. The van der Waals surface area contributed by atoms with Crippen LogP contribution in [0.25, 0.3) is 0 Å². The zero-order valence-electron chi connectivity index (χ0n) is 13.2. The number of aromatic nitrogens is 3. The average Bonchev–Trinajstić information content (AvgIpc) is 3.23. The number of pyridine rings is 1. The molecule has 0 aliphatic carbocycles. The van der Waals surface area contributed by atoms with Crippen LogP contribution in [0.4, 0.5) is 5.82 Å². The van der Waals surface area contributed by atoms with E-state index in [1.165, 1.54) is 0 Å². The molecule has 0 bridgehead atoms. The summed E-state index contributed by atoms with van der Waals surface area (Å²) < 4.78 is 5.57. The molecule has 1 N–H and O–H groups in total. The van der Waals surface area contributed by atoms with E-state index in [4.69, 9.17) is 9.68 Å². The van der Waals surface area contributed by atoms with Gasteiger partial charge in [0.15, 0.2) is 0 Å². The van der Waals surface area contributed by atoms with Crippen LogP contribution in [0.15, 0.2) is 22.7 Å². The Hall–Kier alpha value is -2.46.